The molecule has 1 atom stereocenters. The molecular formula is C15H21F2N. The van der Waals surface area contributed by atoms with Crippen LogP contribution in [-0.4, -0.2) is 6.54 Å². The van der Waals surface area contributed by atoms with Crippen LogP contribution in [0.3, 0.4) is 0 Å². The van der Waals surface area contributed by atoms with Crippen LogP contribution in [-0.2, 0) is 0 Å². The molecule has 0 bridgehead atoms. The number of rotatable bonds is 5. The fraction of sp³-hybridized carbons (Fsp3) is 0.600. The Balaban J connectivity index is 2.33. The second-order valence-corrected chi connectivity index (χ2v) is 5.64. The molecule has 0 radical (unpaired) electrons. The van der Waals surface area contributed by atoms with Crippen LogP contribution in [0, 0.1) is 24.0 Å². The zero-order valence-electron chi connectivity index (χ0n) is 11.3. The number of aryl methyl sites for hydroxylation is 1. The molecule has 1 aromatic carbocycles. The maximum Gasteiger partial charge on any atom is 0.163 e. The number of nitrogens with one attached hydrogen (secondary N) is 1. The molecule has 1 aromatic rings. The van der Waals surface area contributed by atoms with Gasteiger partial charge in [-0.15, -0.1) is 0 Å². The van der Waals surface area contributed by atoms with Crippen molar-refractivity contribution in [2.45, 2.75) is 46.1 Å². The van der Waals surface area contributed by atoms with E-state index in [0.717, 1.165) is 25.8 Å². The topological polar surface area (TPSA) is 12.0 Å². The molecule has 0 saturated heterocycles. The Bertz CT molecular complexity index is 438. The molecule has 0 spiro atoms. The Morgan fingerprint density at radius 2 is 1.94 bits per heavy atom. The van der Waals surface area contributed by atoms with Crippen molar-refractivity contribution >= 4 is 0 Å². The van der Waals surface area contributed by atoms with Gasteiger partial charge < -0.3 is 5.32 Å². The highest BCUT2D eigenvalue weighted by atomic mass is 19.2. The molecule has 1 N–H and O–H groups in total. The van der Waals surface area contributed by atoms with Gasteiger partial charge in [0, 0.05) is 11.6 Å². The molecule has 0 aliphatic heterocycles. The summed E-state index contributed by atoms with van der Waals surface area (Å²) in [5, 5.41) is 3.37. The second-order valence-electron chi connectivity index (χ2n) is 5.64. The summed E-state index contributed by atoms with van der Waals surface area (Å²) in [5.74, 6) is -1.39. The monoisotopic (exact) mass is 253 g/mol. The number of hydrogen-bond donors (Lipinski definition) is 1. The Kier molecular flexibility index (Phi) is 3.71. The third-order valence-electron chi connectivity index (χ3n) is 3.95. The first-order valence-electron chi connectivity index (χ1n) is 6.67. The summed E-state index contributed by atoms with van der Waals surface area (Å²) in [6, 6.07) is 3.32. The maximum absolute atomic E-state index is 14.1. The zero-order chi connectivity index (χ0) is 13.3. The minimum Gasteiger partial charge on any atom is -0.309 e. The van der Waals surface area contributed by atoms with E-state index in [9.17, 15) is 8.78 Å². The van der Waals surface area contributed by atoms with E-state index in [-0.39, 0.29) is 11.5 Å². The van der Waals surface area contributed by atoms with Crippen molar-refractivity contribution in [3.8, 4) is 0 Å². The van der Waals surface area contributed by atoms with Crippen molar-refractivity contribution in [3.05, 3.63) is 34.9 Å². The fourth-order valence-electron chi connectivity index (χ4n) is 2.39. The smallest absolute Gasteiger partial charge is 0.163 e. The van der Waals surface area contributed by atoms with Crippen molar-refractivity contribution in [1.82, 2.24) is 5.32 Å². The van der Waals surface area contributed by atoms with E-state index in [1.54, 1.807) is 19.1 Å². The molecule has 100 valence electrons. The molecule has 3 heteroatoms. The van der Waals surface area contributed by atoms with Gasteiger partial charge in [0.15, 0.2) is 11.6 Å². The van der Waals surface area contributed by atoms with Crippen LogP contribution in [0.1, 0.15) is 50.3 Å². The van der Waals surface area contributed by atoms with Crippen LogP contribution < -0.4 is 5.32 Å². The molecule has 2 rings (SSSR count). The Labute approximate surface area is 108 Å². The summed E-state index contributed by atoms with van der Waals surface area (Å²) < 4.78 is 27.8. The van der Waals surface area contributed by atoms with Crippen molar-refractivity contribution in [3.63, 3.8) is 0 Å². The van der Waals surface area contributed by atoms with Gasteiger partial charge in [-0.1, -0.05) is 26.0 Å². The van der Waals surface area contributed by atoms with Crippen LogP contribution in [0.4, 0.5) is 8.78 Å². The molecule has 1 fully saturated rings. The highest BCUT2D eigenvalue weighted by molar-refractivity contribution is 5.30. The molecule has 0 amide bonds. The lowest BCUT2D eigenvalue weighted by atomic mass is 9.90. The predicted molar refractivity (Wildman–Crippen MR) is 69.5 cm³/mol. The van der Waals surface area contributed by atoms with Gasteiger partial charge in [-0.05, 0) is 43.7 Å². The Hall–Kier alpha value is -0.960. The van der Waals surface area contributed by atoms with Gasteiger partial charge in [0.05, 0.1) is 0 Å². The molecule has 1 aliphatic carbocycles. The molecule has 1 aliphatic rings. The van der Waals surface area contributed by atoms with Crippen molar-refractivity contribution in [1.29, 1.82) is 0 Å². The largest absolute Gasteiger partial charge is 0.309 e. The molecule has 18 heavy (non-hydrogen) atoms. The highest BCUT2D eigenvalue weighted by Crippen LogP contribution is 2.54. The van der Waals surface area contributed by atoms with Crippen LogP contribution in [0.5, 0.6) is 0 Å². The maximum atomic E-state index is 14.1. The quantitative estimate of drug-likeness (QED) is 0.832. The zero-order valence-corrected chi connectivity index (χ0v) is 11.3. The second kappa shape index (κ2) is 4.96. The third-order valence-corrected chi connectivity index (χ3v) is 3.95. The first-order chi connectivity index (χ1) is 8.49. The lowest BCUT2D eigenvalue weighted by molar-refractivity contribution is 0.349. The van der Waals surface area contributed by atoms with E-state index >= 15 is 0 Å². The van der Waals surface area contributed by atoms with Gasteiger partial charge in [-0.3, -0.25) is 0 Å². The van der Waals surface area contributed by atoms with E-state index in [1.807, 2.05) is 0 Å². The molecule has 1 unspecified atom stereocenters. The van der Waals surface area contributed by atoms with Crippen molar-refractivity contribution in [2.75, 3.05) is 6.54 Å². The minimum absolute atomic E-state index is 0.0763. The van der Waals surface area contributed by atoms with Gasteiger partial charge in [-0.2, -0.15) is 0 Å². The summed E-state index contributed by atoms with van der Waals surface area (Å²) in [5.41, 5.74) is 0.926. The summed E-state index contributed by atoms with van der Waals surface area (Å²) in [4.78, 5) is 0. The molecular weight excluding hydrogens is 232 g/mol. The van der Waals surface area contributed by atoms with Gasteiger partial charge in [-0.25, -0.2) is 8.78 Å². The highest BCUT2D eigenvalue weighted by Gasteiger charge is 2.46. The molecule has 0 aromatic heterocycles. The van der Waals surface area contributed by atoms with Crippen molar-refractivity contribution < 1.29 is 8.78 Å². The van der Waals surface area contributed by atoms with Gasteiger partial charge in [0.2, 0.25) is 0 Å². The summed E-state index contributed by atoms with van der Waals surface area (Å²) in [7, 11) is 0. The van der Waals surface area contributed by atoms with Crippen LogP contribution in [0.15, 0.2) is 12.1 Å². The Morgan fingerprint density at radius 1 is 1.28 bits per heavy atom. The van der Waals surface area contributed by atoms with Gasteiger partial charge >= 0.3 is 0 Å². The normalized spacial score (nSPS) is 18.7. The standard InChI is InChI=1S/C15H21F2N/c1-4-9-18-14(15(3)7-8-15)11-6-5-10(2)12(16)13(11)17/h5-6,14,18H,4,7-9H2,1-3H3. The summed E-state index contributed by atoms with van der Waals surface area (Å²) >= 11 is 0. The van der Waals surface area contributed by atoms with Crippen LogP contribution in [0.25, 0.3) is 0 Å². The van der Waals surface area contributed by atoms with Crippen LogP contribution >= 0.6 is 0 Å². The predicted octanol–water partition coefficient (Wildman–Crippen LogP) is 4.11. The first kappa shape index (κ1) is 13.5. The van der Waals surface area contributed by atoms with Gasteiger partial charge in [0.1, 0.15) is 0 Å². The average molecular weight is 253 g/mol. The molecule has 1 nitrogen and oxygen atoms in total. The third kappa shape index (κ3) is 2.41. The summed E-state index contributed by atoms with van der Waals surface area (Å²) in [6.07, 6.45) is 3.13. The first-order valence-corrected chi connectivity index (χ1v) is 6.67. The van der Waals surface area contributed by atoms with Gasteiger partial charge in [0.25, 0.3) is 0 Å². The number of hydrogen-bond acceptors (Lipinski definition) is 1. The lowest BCUT2D eigenvalue weighted by Gasteiger charge is -2.26. The number of benzene rings is 1. The van der Waals surface area contributed by atoms with Crippen LogP contribution in [0.2, 0.25) is 0 Å². The minimum atomic E-state index is -0.708. The summed E-state index contributed by atoms with van der Waals surface area (Å²) in [6.45, 7) is 6.63. The Morgan fingerprint density at radius 3 is 2.50 bits per heavy atom. The van der Waals surface area contributed by atoms with E-state index in [0.29, 0.717) is 11.1 Å². The van der Waals surface area contributed by atoms with E-state index in [1.165, 1.54) is 0 Å². The lowest BCUT2D eigenvalue weighted by Crippen LogP contribution is -2.29. The van der Waals surface area contributed by atoms with E-state index in [4.69, 9.17) is 0 Å². The van der Waals surface area contributed by atoms with Crippen molar-refractivity contribution in [2.24, 2.45) is 5.41 Å². The SMILES string of the molecule is CCCNC(c1ccc(C)c(F)c1F)C1(C)CC1. The van der Waals surface area contributed by atoms with E-state index < -0.39 is 11.6 Å². The fourth-order valence-corrected chi connectivity index (χ4v) is 2.39. The van der Waals surface area contributed by atoms with E-state index in [2.05, 4.69) is 19.2 Å². The molecule has 0 heterocycles. The molecule has 1 saturated carbocycles. The number of halogens is 2. The average Bonchev–Trinajstić information content (AvgIpc) is 3.08.